The lowest BCUT2D eigenvalue weighted by atomic mass is 9.89. The molecule has 1 unspecified atom stereocenters. The lowest BCUT2D eigenvalue weighted by Gasteiger charge is -2.36. The van der Waals surface area contributed by atoms with Crippen LogP contribution in [0.25, 0.3) is 32.5 Å². The van der Waals surface area contributed by atoms with Crippen molar-refractivity contribution in [3.63, 3.8) is 0 Å². The average Bonchev–Trinajstić information content (AvgIpc) is 3.48. The Hall–Kier alpha value is -4.92. The van der Waals surface area contributed by atoms with Gasteiger partial charge in [0.15, 0.2) is 0 Å². The Bertz CT molecular complexity index is 1930. The van der Waals surface area contributed by atoms with Gasteiger partial charge in [0, 0.05) is 60.3 Å². The van der Waals surface area contributed by atoms with E-state index in [1.807, 2.05) is 42.5 Å². The molecule has 1 atom stereocenters. The molecular weight excluding hydrogens is 530 g/mol. The molecule has 7 rings (SSSR count). The van der Waals surface area contributed by atoms with Crippen LogP contribution in [-0.4, -0.2) is 52.2 Å². The molecule has 3 heterocycles. The number of ether oxygens (including phenoxy) is 1. The fourth-order valence-corrected chi connectivity index (χ4v) is 6.06. The van der Waals surface area contributed by atoms with Gasteiger partial charge in [0.2, 0.25) is 0 Å². The number of phenols is 1. The predicted octanol–water partition coefficient (Wildman–Crippen LogP) is 6.11. The van der Waals surface area contributed by atoms with E-state index in [1.165, 1.54) is 11.6 Å². The Morgan fingerprint density at radius 3 is 2.55 bits per heavy atom. The van der Waals surface area contributed by atoms with Gasteiger partial charge < -0.3 is 24.7 Å². The summed E-state index contributed by atoms with van der Waals surface area (Å²) in [5.74, 6) is -0.514. The van der Waals surface area contributed by atoms with Gasteiger partial charge in [-0.05, 0) is 58.3 Å². The van der Waals surface area contributed by atoms with Crippen molar-refractivity contribution in [3.05, 3.63) is 114 Å². The molecule has 210 valence electrons. The van der Waals surface area contributed by atoms with Crippen LogP contribution < -0.4 is 10.1 Å². The zero-order valence-electron chi connectivity index (χ0n) is 22.8. The first-order valence-electron chi connectivity index (χ1n) is 14.0. The number of phenolic OH excluding ortho intramolecular Hbond substituents is 1. The third kappa shape index (κ3) is 4.60. The van der Waals surface area contributed by atoms with Gasteiger partial charge in [-0.2, -0.15) is 0 Å². The van der Waals surface area contributed by atoms with Crippen LogP contribution in [-0.2, 0) is 6.61 Å². The molecule has 42 heavy (non-hydrogen) atoms. The van der Waals surface area contributed by atoms with E-state index in [2.05, 4.69) is 39.5 Å². The highest BCUT2D eigenvalue weighted by Gasteiger charge is 2.33. The van der Waals surface area contributed by atoms with E-state index in [9.17, 15) is 15.0 Å². The number of fused-ring (bicyclic) bond motifs is 4. The van der Waals surface area contributed by atoms with E-state index in [4.69, 9.17) is 9.15 Å². The number of hydrogen-bond acceptors (Lipinski definition) is 7. The number of piperazine rings is 1. The first kappa shape index (κ1) is 26.0. The SMILES string of the molecule is O=C(O)c1coc2c1c(C(c1ccncc1)N1CCNCC1)c(O)c1cc(OCc3ccc4ccccc4c3)ccc12. The molecule has 1 fully saturated rings. The van der Waals surface area contributed by atoms with Gasteiger partial charge >= 0.3 is 5.97 Å². The average molecular weight is 560 g/mol. The maximum atomic E-state index is 12.4. The van der Waals surface area contributed by atoms with Gasteiger partial charge in [-0.1, -0.05) is 36.4 Å². The van der Waals surface area contributed by atoms with Crippen molar-refractivity contribution < 1.29 is 24.2 Å². The molecule has 4 aromatic carbocycles. The van der Waals surface area contributed by atoms with E-state index < -0.39 is 12.0 Å². The minimum atomic E-state index is -1.11. The van der Waals surface area contributed by atoms with E-state index in [0.29, 0.717) is 39.7 Å². The van der Waals surface area contributed by atoms with Gasteiger partial charge in [-0.15, -0.1) is 0 Å². The number of carbonyl (C=O) groups is 1. The number of hydrogen-bond donors (Lipinski definition) is 3. The van der Waals surface area contributed by atoms with Crippen LogP contribution in [0.5, 0.6) is 11.5 Å². The van der Waals surface area contributed by atoms with E-state index in [0.717, 1.165) is 42.7 Å². The largest absolute Gasteiger partial charge is 0.507 e. The number of aromatic nitrogens is 1. The number of aromatic hydroxyl groups is 1. The molecule has 2 aromatic heterocycles. The Balaban J connectivity index is 1.37. The van der Waals surface area contributed by atoms with Gasteiger partial charge in [0.05, 0.1) is 6.04 Å². The first-order chi connectivity index (χ1) is 20.6. The summed E-state index contributed by atoms with van der Waals surface area (Å²) in [7, 11) is 0. The van der Waals surface area contributed by atoms with Crippen LogP contribution in [0.4, 0.5) is 0 Å². The Labute approximate surface area is 241 Å². The molecule has 3 N–H and O–H groups in total. The second-order valence-corrected chi connectivity index (χ2v) is 10.6. The number of carboxylic acids is 1. The van der Waals surface area contributed by atoms with Crippen LogP contribution in [0, 0.1) is 0 Å². The summed E-state index contributed by atoms with van der Waals surface area (Å²) >= 11 is 0. The zero-order valence-corrected chi connectivity index (χ0v) is 22.8. The first-order valence-corrected chi connectivity index (χ1v) is 14.0. The van der Waals surface area contributed by atoms with E-state index in [1.54, 1.807) is 18.5 Å². The van der Waals surface area contributed by atoms with Gasteiger partial charge in [-0.3, -0.25) is 9.88 Å². The van der Waals surface area contributed by atoms with Crippen molar-refractivity contribution in [2.75, 3.05) is 26.2 Å². The van der Waals surface area contributed by atoms with Crippen LogP contribution in [0.15, 0.2) is 95.9 Å². The normalized spacial score (nSPS) is 14.9. The summed E-state index contributed by atoms with van der Waals surface area (Å²) in [6, 6.07) is 23.3. The summed E-state index contributed by atoms with van der Waals surface area (Å²) in [5.41, 5.74) is 2.88. The molecule has 1 saturated heterocycles. The topological polar surface area (TPSA) is 108 Å². The lowest BCUT2D eigenvalue weighted by Crippen LogP contribution is -2.45. The van der Waals surface area contributed by atoms with Crippen molar-refractivity contribution in [1.29, 1.82) is 0 Å². The number of benzene rings is 4. The third-order valence-electron chi connectivity index (χ3n) is 8.07. The minimum absolute atomic E-state index is 0.0119. The maximum Gasteiger partial charge on any atom is 0.339 e. The summed E-state index contributed by atoms with van der Waals surface area (Å²) in [5, 5.41) is 29.4. The number of furan rings is 1. The van der Waals surface area contributed by atoms with Gasteiger partial charge in [-0.25, -0.2) is 4.79 Å². The Kier molecular flexibility index (Phi) is 6.70. The molecule has 0 bridgehead atoms. The van der Waals surface area contributed by atoms with Crippen LogP contribution in [0.3, 0.4) is 0 Å². The van der Waals surface area contributed by atoms with E-state index in [-0.39, 0.29) is 11.3 Å². The van der Waals surface area contributed by atoms with Crippen molar-refractivity contribution in [2.45, 2.75) is 12.6 Å². The number of rotatable bonds is 7. The molecule has 8 heteroatoms. The molecule has 1 aliphatic heterocycles. The minimum Gasteiger partial charge on any atom is -0.507 e. The number of nitrogens with one attached hydrogen (secondary N) is 1. The maximum absolute atomic E-state index is 12.4. The van der Waals surface area contributed by atoms with Crippen molar-refractivity contribution in [1.82, 2.24) is 15.2 Å². The Morgan fingerprint density at radius 2 is 1.76 bits per heavy atom. The van der Waals surface area contributed by atoms with Crippen molar-refractivity contribution in [3.8, 4) is 11.5 Å². The molecule has 1 aliphatic rings. The highest BCUT2D eigenvalue weighted by Crippen LogP contribution is 2.47. The van der Waals surface area contributed by atoms with Crippen molar-refractivity contribution >= 4 is 38.5 Å². The monoisotopic (exact) mass is 559 g/mol. The molecule has 8 nitrogen and oxygen atoms in total. The number of pyridine rings is 1. The fraction of sp³-hybridized carbons (Fsp3) is 0.176. The standard InChI is InChI=1S/C34H29N3O5/c38-32-27-18-25(41-19-21-5-6-22-3-1-2-4-24(22)17-21)7-8-26(27)33-29(28(20-42-33)34(39)40)30(32)31(23-9-11-35-12-10-23)37-15-13-36-14-16-37/h1-12,17-18,20,31,36,38H,13-16,19H2,(H,39,40). The lowest BCUT2D eigenvalue weighted by molar-refractivity contribution is 0.0698. The second-order valence-electron chi connectivity index (χ2n) is 10.6. The summed E-state index contributed by atoms with van der Waals surface area (Å²) in [4.78, 5) is 18.8. The van der Waals surface area contributed by atoms with Gasteiger partial charge in [0.25, 0.3) is 0 Å². The smallest absolute Gasteiger partial charge is 0.339 e. The summed E-state index contributed by atoms with van der Waals surface area (Å²) in [6.45, 7) is 3.37. The summed E-state index contributed by atoms with van der Waals surface area (Å²) in [6.07, 6.45) is 4.69. The molecule has 0 radical (unpaired) electrons. The molecule has 6 aromatic rings. The van der Waals surface area contributed by atoms with Crippen LogP contribution in [0.1, 0.15) is 33.1 Å². The molecule has 0 aliphatic carbocycles. The Morgan fingerprint density at radius 1 is 0.976 bits per heavy atom. The molecule has 0 saturated carbocycles. The fourth-order valence-electron chi connectivity index (χ4n) is 6.06. The molecule has 0 spiro atoms. The van der Waals surface area contributed by atoms with Crippen molar-refractivity contribution in [2.24, 2.45) is 0 Å². The molecule has 0 amide bonds. The molecular formula is C34H29N3O5. The zero-order chi connectivity index (χ0) is 28.6. The number of nitrogens with zero attached hydrogens (tertiary/aromatic N) is 2. The van der Waals surface area contributed by atoms with E-state index >= 15 is 0 Å². The second kappa shape index (κ2) is 10.8. The highest BCUT2D eigenvalue weighted by molar-refractivity contribution is 6.16. The quantitative estimate of drug-likeness (QED) is 0.215. The summed E-state index contributed by atoms with van der Waals surface area (Å²) < 4.78 is 12.1. The highest BCUT2D eigenvalue weighted by atomic mass is 16.5. The third-order valence-corrected chi connectivity index (χ3v) is 8.07. The van der Waals surface area contributed by atoms with Crippen LogP contribution in [0.2, 0.25) is 0 Å². The predicted molar refractivity (Wildman–Crippen MR) is 161 cm³/mol. The number of carboxylic acid groups (broad SMARTS) is 1. The van der Waals surface area contributed by atoms with Gasteiger partial charge in [0.1, 0.15) is 35.5 Å². The number of aromatic carboxylic acids is 1. The van der Waals surface area contributed by atoms with Crippen LogP contribution >= 0.6 is 0 Å².